The smallest absolute Gasteiger partial charge is 0.115 e. The van der Waals surface area contributed by atoms with Gasteiger partial charge in [0.25, 0.3) is 0 Å². The van der Waals surface area contributed by atoms with E-state index in [1.807, 2.05) is 59.4 Å². The lowest BCUT2D eigenvalue weighted by atomic mass is 10.2. The van der Waals surface area contributed by atoms with Gasteiger partial charge in [-0.3, -0.25) is 5.43 Å². The van der Waals surface area contributed by atoms with Gasteiger partial charge >= 0.3 is 0 Å². The van der Waals surface area contributed by atoms with Crippen molar-refractivity contribution >= 4 is 5.69 Å². The maximum atomic E-state index is 4.20. The fourth-order valence-electron chi connectivity index (χ4n) is 1.86. The van der Waals surface area contributed by atoms with Gasteiger partial charge in [-0.2, -0.15) is 0 Å². The molecule has 18 heavy (non-hydrogen) atoms. The molecule has 2 aromatic carbocycles. The highest BCUT2D eigenvalue weighted by atomic mass is 15.4. The maximum Gasteiger partial charge on any atom is 0.115 e. The molecule has 0 aliphatic heterocycles. The monoisotopic (exact) mass is 235 g/mol. The summed E-state index contributed by atoms with van der Waals surface area (Å²) in [6, 6.07) is 20.2. The number of para-hydroxylation sites is 1. The molecule has 1 heterocycles. The number of hydrogen-bond acceptors (Lipinski definition) is 2. The molecule has 0 bridgehead atoms. The van der Waals surface area contributed by atoms with Gasteiger partial charge < -0.3 is 0 Å². The molecule has 1 aromatic heterocycles. The SMILES string of the molecule is c1ccc(Nn2cncc2-c2ccccc2)cc1. The van der Waals surface area contributed by atoms with Crippen molar-refractivity contribution in [1.82, 2.24) is 9.66 Å². The minimum Gasteiger partial charge on any atom is -0.293 e. The van der Waals surface area contributed by atoms with Crippen molar-refractivity contribution in [2.24, 2.45) is 0 Å². The fraction of sp³-hybridized carbons (Fsp3) is 0. The molecule has 0 saturated carbocycles. The Morgan fingerprint density at radius 3 is 2.22 bits per heavy atom. The Labute approximate surface area is 106 Å². The van der Waals surface area contributed by atoms with Gasteiger partial charge in [0.05, 0.1) is 17.6 Å². The first-order valence-corrected chi connectivity index (χ1v) is 5.83. The van der Waals surface area contributed by atoms with E-state index in [0.717, 1.165) is 16.9 Å². The Morgan fingerprint density at radius 1 is 0.833 bits per heavy atom. The van der Waals surface area contributed by atoms with Gasteiger partial charge in [-0.25, -0.2) is 9.66 Å². The van der Waals surface area contributed by atoms with E-state index >= 15 is 0 Å². The van der Waals surface area contributed by atoms with Crippen LogP contribution >= 0.6 is 0 Å². The van der Waals surface area contributed by atoms with Gasteiger partial charge in [0.2, 0.25) is 0 Å². The molecule has 0 amide bonds. The van der Waals surface area contributed by atoms with Crippen molar-refractivity contribution in [3.05, 3.63) is 73.2 Å². The highest BCUT2D eigenvalue weighted by Crippen LogP contribution is 2.18. The predicted molar refractivity (Wildman–Crippen MR) is 73.1 cm³/mol. The van der Waals surface area contributed by atoms with Gasteiger partial charge in [0.15, 0.2) is 0 Å². The summed E-state index contributed by atoms with van der Waals surface area (Å²) in [5.74, 6) is 0. The number of rotatable bonds is 3. The van der Waals surface area contributed by atoms with E-state index in [0.29, 0.717) is 0 Å². The average Bonchev–Trinajstić information content (AvgIpc) is 2.89. The average molecular weight is 235 g/mol. The minimum absolute atomic E-state index is 1.03. The van der Waals surface area contributed by atoms with E-state index in [4.69, 9.17) is 0 Å². The molecule has 0 atom stereocenters. The predicted octanol–water partition coefficient (Wildman–Crippen LogP) is 3.43. The number of anilines is 1. The second-order valence-corrected chi connectivity index (χ2v) is 3.99. The first-order chi connectivity index (χ1) is 8.93. The van der Waals surface area contributed by atoms with E-state index in [1.54, 1.807) is 6.33 Å². The van der Waals surface area contributed by atoms with Crippen LogP contribution in [0.5, 0.6) is 0 Å². The normalized spacial score (nSPS) is 10.2. The van der Waals surface area contributed by atoms with Crippen LogP contribution in [0.2, 0.25) is 0 Å². The first kappa shape index (κ1) is 10.6. The van der Waals surface area contributed by atoms with E-state index in [1.165, 1.54) is 0 Å². The largest absolute Gasteiger partial charge is 0.293 e. The van der Waals surface area contributed by atoms with Crippen molar-refractivity contribution in [3.8, 4) is 11.3 Å². The molecule has 0 unspecified atom stereocenters. The number of benzene rings is 2. The number of nitrogens with zero attached hydrogens (tertiary/aromatic N) is 2. The Balaban J connectivity index is 1.93. The number of hydrogen-bond donors (Lipinski definition) is 1. The lowest BCUT2D eigenvalue weighted by molar-refractivity contribution is 0.962. The second kappa shape index (κ2) is 4.75. The number of nitrogens with one attached hydrogen (secondary N) is 1. The van der Waals surface area contributed by atoms with Crippen molar-refractivity contribution in [2.75, 3.05) is 5.43 Å². The Morgan fingerprint density at radius 2 is 1.50 bits per heavy atom. The van der Waals surface area contributed by atoms with Gasteiger partial charge in [0.1, 0.15) is 6.33 Å². The molecule has 1 N–H and O–H groups in total. The van der Waals surface area contributed by atoms with Crippen LogP contribution in [0.1, 0.15) is 0 Å². The van der Waals surface area contributed by atoms with E-state index < -0.39 is 0 Å². The molecule has 88 valence electrons. The topological polar surface area (TPSA) is 29.9 Å². The zero-order chi connectivity index (χ0) is 12.2. The lowest BCUT2D eigenvalue weighted by Gasteiger charge is -2.10. The highest BCUT2D eigenvalue weighted by Gasteiger charge is 2.04. The lowest BCUT2D eigenvalue weighted by Crippen LogP contribution is -2.08. The van der Waals surface area contributed by atoms with Crippen LogP contribution in [0.15, 0.2) is 73.2 Å². The molecule has 0 saturated heterocycles. The summed E-state index contributed by atoms with van der Waals surface area (Å²) in [4.78, 5) is 4.20. The maximum absolute atomic E-state index is 4.20. The summed E-state index contributed by atoms with van der Waals surface area (Å²) in [6.07, 6.45) is 3.63. The van der Waals surface area contributed by atoms with Crippen molar-refractivity contribution in [1.29, 1.82) is 0 Å². The second-order valence-electron chi connectivity index (χ2n) is 3.99. The molecule has 0 spiro atoms. The molecule has 3 heteroatoms. The Bertz CT molecular complexity index is 615. The van der Waals surface area contributed by atoms with E-state index in [9.17, 15) is 0 Å². The van der Waals surface area contributed by atoms with Gasteiger partial charge in [-0.15, -0.1) is 0 Å². The number of imidazole rings is 1. The van der Waals surface area contributed by atoms with Crippen LogP contribution in [0, 0.1) is 0 Å². The summed E-state index contributed by atoms with van der Waals surface area (Å²) in [5.41, 5.74) is 6.52. The molecule has 0 fully saturated rings. The van der Waals surface area contributed by atoms with E-state index in [-0.39, 0.29) is 0 Å². The molecule has 3 nitrogen and oxygen atoms in total. The summed E-state index contributed by atoms with van der Waals surface area (Å²) >= 11 is 0. The van der Waals surface area contributed by atoms with Crippen LogP contribution in [-0.2, 0) is 0 Å². The third kappa shape index (κ3) is 2.11. The van der Waals surface area contributed by atoms with Gasteiger partial charge in [-0.05, 0) is 12.1 Å². The molecule has 3 rings (SSSR count). The Hall–Kier alpha value is -2.55. The van der Waals surface area contributed by atoms with Crippen molar-refractivity contribution in [2.45, 2.75) is 0 Å². The highest BCUT2D eigenvalue weighted by molar-refractivity contribution is 5.60. The minimum atomic E-state index is 1.03. The van der Waals surface area contributed by atoms with Gasteiger partial charge in [0, 0.05) is 5.56 Å². The first-order valence-electron chi connectivity index (χ1n) is 5.83. The molecular formula is C15H13N3. The van der Waals surface area contributed by atoms with Crippen LogP contribution in [0.25, 0.3) is 11.3 Å². The molecule has 0 aliphatic rings. The zero-order valence-corrected chi connectivity index (χ0v) is 9.82. The van der Waals surface area contributed by atoms with Crippen LogP contribution in [0.4, 0.5) is 5.69 Å². The third-order valence-corrected chi connectivity index (χ3v) is 2.73. The summed E-state index contributed by atoms with van der Waals surface area (Å²) in [6.45, 7) is 0. The van der Waals surface area contributed by atoms with Gasteiger partial charge in [-0.1, -0.05) is 48.5 Å². The van der Waals surface area contributed by atoms with E-state index in [2.05, 4.69) is 22.5 Å². The summed E-state index contributed by atoms with van der Waals surface area (Å²) in [7, 11) is 0. The van der Waals surface area contributed by atoms with Crippen LogP contribution in [-0.4, -0.2) is 9.66 Å². The number of aromatic nitrogens is 2. The molecule has 0 radical (unpaired) electrons. The fourth-order valence-corrected chi connectivity index (χ4v) is 1.86. The molecular weight excluding hydrogens is 222 g/mol. The Kier molecular flexibility index (Phi) is 2.80. The van der Waals surface area contributed by atoms with Crippen LogP contribution in [0.3, 0.4) is 0 Å². The molecule has 0 aliphatic carbocycles. The third-order valence-electron chi connectivity index (χ3n) is 2.73. The van der Waals surface area contributed by atoms with Crippen molar-refractivity contribution < 1.29 is 0 Å². The standard InChI is InChI=1S/C15H13N3/c1-3-7-13(8-4-1)15-11-16-12-18(15)17-14-9-5-2-6-10-14/h1-12,17H. The van der Waals surface area contributed by atoms with Crippen LogP contribution < -0.4 is 5.43 Å². The summed E-state index contributed by atoms with van der Waals surface area (Å²) < 4.78 is 1.92. The van der Waals surface area contributed by atoms with Crippen molar-refractivity contribution in [3.63, 3.8) is 0 Å². The molecule has 3 aromatic rings. The summed E-state index contributed by atoms with van der Waals surface area (Å²) in [5, 5.41) is 0. The quantitative estimate of drug-likeness (QED) is 0.753. The zero-order valence-electron chi connectivity index (χ0n) is 9.82.